The van der Waals surface area contributed by atoms with Gasteiger partial charge in [0.1, 0.15) is 0 Å². The number of thiazole rings is 1. The van der Waals surface area contributed by atoms with Crippen molar-refractivity contribution < 1.29 is 15.0 Å². The molecule has 2 atom stereocenters. The number of aliphatic hydroxyl groups is 2. The van der Waals surface area contributed by atoms with E-state index in [1.165, 1.54) is 16.2 Å². The van der Waals surface area contributed by atoms with Crippen LogP contribution in [-0.4, -0.2) is 51.3 Å². The lowest BCUT2D eigenvalue weighted by Gasteiger charge is -2.14. The molecule has 1 aliphatic rings. The van der Waals surface area contributed by atoms with Crippen LogP contribution in [0.5, 0.6) is 0 Å². The van der Waals surface area contributed by atoms with E-state index in [4.69, 9.17) is 0 Å². The van der Waals surface area contributed by atoms with Gasteiger partial charge in [-0.05, 0) is 6.92 Å². The molecule has 2 unspecified atom stereocenters. The molecular weight excluding hydrogens is 228 g/mol. The topological polar surface area (TPSA) is 73.7 Å². The maximum atomic E-state index is 11.8. The zero-order valence-corrected chi connectivity index (χ0v) is 9.78. The molecule has 0 bridgehead atoms. The molecule has 16 heavy (non-hydrogen) atoms. The molecule has 0 saturated carbocycles. The van der Waals surface area contributed by atoms with Crippen LogP contribution in [-0.2, 0) is 11.2 Å². The molecule has 0 aromatic carbocycles. The molecule has 1 aromatic heterocycles. The number of likely N-dealkylation sites (tertiary alicyclic amines) is 1. The number of aromatic nitrogens is 1. The van der Waals surface area contributed by atoms with E-state index in [9.17, 15) is 15.0 Å². The summed E-state index contributed by atoms with van der Waals surface area (Å²) in [5, 5.41) is 21.5. The standard InChI is InChI=1S/C10H14N2O3S/c1-6-11-7(5-16-6)2-10(15)12-3-8(13)9(14)4-12/h5,8-9,13-14H,2-4H2,1H3. The number of aliphatic hydroxyl groups excluding tert-OH is 2. The van der Waals surface area contributed by atoms with Gasteiger partial charge in [0.15, 0.2) is 0 Å². The van der Waals surface area contributed by atoms with Gasteiger partial charge < -0.3 is 15.1 Å². The van der Waals surface area contributed by atoms with Crippen LogP contribution < -0.4 is 0 Å². The van der Waals surface area contributed by atoms with Crippen LogP contribution in [0.2, 0.25) is 0 Å². The Hall–Kier alpha value is -0.980. The minimum absolute atomic E-state index is 0.0964. The highest BCUT2D eigenvalue weighted by atomic mass is 32.1. The van der Waals surface area contributed by atoms with Crippen molar-refractivity contribution >= 4 is 17.2 Å². The van der Waals surface area contributed by atoms with Crippen molar-refractivity contribution in [1.82, 2.24) is 9.88 Å². The smallest absolute Gasteiger partial charge is 0.228 e. The van der Waals surface area contributed by atoms with Crippen LogP contribution in [0.3, 0.4) is 0 Å². The van der Waals surface area contributed by atoms with E-state index < -0.39 is 12.2 Å². The second-order valence-corrected chi connectivity index (χ2v) is 5.03. The van der Waals surface area contributed by atoms with E-state index in [0.29, 0.717) is 0 Å². The molecule has 1 aromatic rings. The van der Waals surface area contributed by atoms with Crippen molar-refractivity contribution in [2.24, 2.45) is 0 Å². The summed E-state index contributed by atoms with van der Waals surface area (Å²) in [5.41, 5.74) is 0.753. The van der Waals surface area contributed by atoms with Crippen LogP contribution in [0.25, 0.3) is 0 Å². The summed E-state index contributed by atoms with van der Waals surface area (Å²) in [6.45, 7) is 2.31. The van der Waals surface area contributed by atoms with Crippen LogP contribution in [0.4, 0.5) is 0 Å². The Morgan fingerprint density at radius 2 is 2.19 bits per heavy atom. The maximum absolute atomic E-state index is 11.8. The van der Waals surface area contributed by atoms with Crippen molar-refractivity contribution in [3.63, 3.8) is 0 Å². The second kappa shape index (κ2) is 4.48. The van der Waals surface area contributed by atoms with Gasteiger partial charge in [-0.3, -0.25) is 4.79 Å². The van der Waals surface area contributed by atoms with Gasteiger partial charge in [-0.2, -0.15) is 0 Å². The Labute approximate surface area is 97.4 Å². The van der Waals surface area contributed by atoms with E-state index in [1.54, 1.807) is 0 Å². The minimum atomic E-state index is -0.818. The number of hydrogen-bond donors (Lipinski definition) is 2. The van der Waals surface area contributed by atoms with Crippen molar-refractivity contribution in [3.8, 4) is 0 Å². The number of amides is 1. The van der Waals surface area contributed by atoms with Crippen molar-refractivity contribution in [2.45, 2.75) is 25.6 Å². The molecule has 2 N–H and O–H groups in total. The predicted octanol–water partition coefficient (Wildman–Crippen LogP) is -0.442. The van der Waals surface area contributed by atoms with Gasteiger partial charge in [0.05, 0.1) is 29.3 Å². The third kappa shape index (κ3) is 2.40. The molecule has 2 heterocycles. The number of carbonyl (C=O) groups is 1. The Morgan fingerprint density at radius 1 is 1.56 bits per heavy atom. The third-order valence-corrected chi connectivity index (χ3v) is 3.43. The summed E-state index contributed by atoms with van der Waals surface area (Å²) in [6, 6.07) is 0. The lowest BCUT2D eigenvalue weighted by Crippen LogP contribution is -2.31. The fourth-order valence-corrected chi connectivity index (χ4v) is 2.34. The number of hydrogen-bond acceptors (Lipinski definition) is 5. The van der Waals surface area contributed by atoms with Crippen molar-refractivity contribution in [3.05, 3.63) is 16.1 Å². The van der Waals surface area contributed by atoms with Crippen LogP contribution in [0.15, 0.2) is 5.38 Å². The molecule has 2 rings (SSSR count). The number of aryl methyl sites for hydroxylation is 1. The highest BCUT2D eigenvalue weighted by Crippen LogP contribution is 2.14. The lowest BCUT2D eigenvalue weighted by atomic mass is 10.3. The molecule has 0 spiro atoms. The SMILES string of the molecule is Cc1nc(CC(=O)N2CC(O)C(O)C2)cs1. The van der Waals surface area contributed by atoms with Crippen LogP contribution >= 0.6 is 11.3 Å². The molecule has 88 valence electrons. The monoisotopic (exact) mass is 242 g/mol. The van der Waals surface area contributed by atoms with Gasteiger partial charge >= 0.3 is 0 Å². The Kier molecular flexibility index (Phi) is 3.22. The van der Waals surface area contributed by atoms with E-state index in [1.807, 2.05) is 12.3 Å². The van der Waals surface area contributed by atoms with Gasteiger partial charge in [-0.25, -0.2) is 4.98 Å². The van der Waals surface area contributed by atoms with Crippen LogP contribution in [0, 0.1) is 6.92 Å². The van der Waals surface area contributed by atoms with E-state index in [2.05, 4.69) is 4.98 Å². The zero-order valence-electron chi connectivity index (χ0n) is 8.96. The summed E-state index contributed by atoms with van der Waals surface area (Å²) in [4.78, 5) is 17.5. The molecule has 5 nitrogen and oxygen atoms in total. The van der Waals surface area contributed by atoms with Crippen molar-refractivity contribution in [1.29, 1.82) is 0 Å². The Bertz CT molecular complexity index is 383. The lowest BCUT2D eigenvalue weighted by molar-refractivity contribution is -0.130. The van der Waals surface area contributed by atoms with E-state index in [-0.39, 0.29) is 25.4 Å². The molecule has 0 aliphatic carbocycles. The average Bonchev–Trinajstić information content (AvgIpc) is 2.75. The molecule has 6 heteroatoms. The molecule has 1 saturated heterocycles. The van der Waals surface area contributed by atoms with Gasteiger partial charge in [-0.1, -0.05) is 0 Å². The average molecular weight is 242 g/mol. The predicted molar refractivity (Wildman–Crippen MR) is 59.1 cm³/mol. The normalized spacial score (nSPS) is 25.1. The Balaban J connectivity index is 1.94. The molecule has 0 radical (unpaired) electrons. The minimum Gasteiger partial charge on any atom is -0.388 e. The van der Waals surface area contributed by atoms with Crippen molar-refractivity contribution in [2.75, 3.05) is 13.1 Å². The van der Waals surface area contributed by atoms with Crippen LogP contribution in [0.1, 0.15) is 10.7 Å². The Morgan fingerprint density at radius 3 is 2.69 bits per heavy atom. The summed E-state index contributed by atoms with van der Waals surface area (Å²) >= 11 is 1.51. The summed E-state index contributed by atoms with van der Waals surface area (Å²) in [7, 11) is 0. The number of nitrogens with zero attached hydrogens (tertiary/aromatic N) is 2. The first kappa shape index (κ1) is 11.5. The third-order valence-electron chi connectivity index (χ3n) is 2.61. The fourth-order valence-electron chi connectivity index (χ4n) is 1.73. The molecular formula is C10H14N2O3S. The van der Waals surface area contributed by atoms with Gasteiger partial charge in [0, 0.05) is 18.5 Å². The quantitative estimate of drug-likeness (QED) is 0.737. The summed E-state index contributed by atoms with van der Waals surface area (Å²) in [5.74, 6) is -0.0964. The molecule has 1 aliphatic heterocycles. The zero-order chi connectivity index (χ0) is 11.7. The number of carbonyl (C=O) groups excluding carboxylic acids is 1. The fraction of sp³-hybridized carbons (Fsp3) is 0.600. The highest BCUT2D eigenvalue weighted by molar-refractivity contribution is 7.09. The first-order valence-corrected chi connectivity index (χ1v) is 5.99. The van der Waals surface area contributed by atoms with Gasteiger partial charge in [0.25, 0.3) is 0 Å². The summed E-state index contributed by atoms with van der Waals surface area (Å²) < 4.78 is 0. The van der Waals surface area contributed by atoms with Gasteiger partial charge in [-0.15, -0.1) is 11.3 Å². The number of rotatable bonds is 2. The molecule has 1 fully saturated rings. The molecule has 1 amide bonds. The maximum Gasteiger partial charge on any atom is 0.228 e. The van der Waals surface area contributed by atoms with E-state index >= 15 is 0 Å². The first-order chi connectivity index (χ1) is 7.56. The first-order valence-electron chi connectivity index (χ1n) is 5.11. The second-order valence-electron chi connectivity index (χ2n) is 3.97. The number of β-amino-alcohol motifs (C(OH)–C–C–N with tert-alkyl or cyclic N) is 2. The summed E-state index contributed by atoms with van der Waals surface area (Å²) in [6.07, 6.45) is -1.40. The highest BCUT2D eigenvalue weighted by Gasteiger charge is 2.32. The van der Waals surface area contributed by atoms with Gasteiger partial charge in [0.2, 0.25) is 5.91 Å². The van der Waals surface area contributed by atoms with E-state index in [0.717, 1.165) is 10.7 Å². The largest absolute Gasteiger partial charge is 0.388 e.